The fourth-order valence-corrected chi connectivity index (χ4v) is 2.69. The zero-order valence-corrected chi connectivity index (χ0v) is 13.1. The van der Waals surface area contributed by atoms with E-state index in [2.05, 4.69) is 28.5 Å². The molecular weight excluding hydrogens is 286 g/mol. The average Bonchev–Trinajstić information content (AvgIpc) is 2.87. The Morgan fingerprint density at radius 3 is 2.52 bits per heavy atom. The minimum atomic E-state index is -0.116. The van der Waals surface area contributed by atoms with Crippen molar-refractivity contribution < 1.29 is 10.2 Å². The first kappa shape index (κ1) is 15.7. The van der Waals surface area contributed by atoms with Crippen molar-refractivity contribution >= 4 is 16.7 Å². The van der Waals surface area contributed by atoms with E-state index in [9.17, 15) is 10.2 Å². The molecule has 2 aromatic rings. The molecule has 0 aliphatic heterocycles. The first-order valence-electron chi connectivity index (χ1n) is 7.04. The largest absolute Gasteiger partial charge is 0.508 e. The van der Waals surface area contributed by atoms with Gasteiger partial charge in [0.25, 0.3) is 0 Å². The molecule has 0 saturated carbocycles. The number of rotatable bonds is 7. The lowest BCUT2D eigenvalue weighted by molar-refractivity contribution is 0.273. The normalized spacial score (nSPS) is 12.6. The van der Waals surface area contributed by atoms with E-state index in [4.69, 9.17) is 0 Å². The van der Waals surface area contributed by atoms with E-state index < -0.39 is 0 Å². The minimum Gasteiger partial charge on any atom is -0.508 e. The minimum absolute atomic E-state index is 0.0139. The summed E-state index contributed by atoms with van der Waals surface area (Å²) in [4.78, 5) is 4.44. The Balaban J connectivity index is 1.95. The number of nitrogens with zero attached hydrogens (tertiary/aromatic N) is 2. The maximum Gasteiger partial charge on any atom is 0.202 e. The lowest BCUT2D eigenvalue weighted by atomic mass is 10.1. The van der Waals surface area contributed by atoms with Crippen LogP contribution in [0.3, 0.4) is 0 Å². The van der Waals surface area contributed by atoms with Gasteiger partial charge in [0, 0.05) is 18.0 Å². The molecule has 0 aliphatic carbocycles. The Bertz CT molecular complexity index is 554. The molecule has 0 saturated heterocycles. The molecule has 114 valence electrons. The predicted octanol–water partition coefficient (Wildman–Crippen LogP) is 2.46. The molecule has 2 rings (SSSR count). The standard InChI is InChI=1S/C15H21N3O2S/c1-10(2)7-14-17-15(21-18-14)16-12(9-19)8-11-3-5-13(20)6-4-11/h3-6,10,12,19-20H,7-9H2,1-2H3,(H,16,17,18)/t12-/m0/s1. The molecule has 0 radical (unpaired) electrons. The Kier molecular flexibility index (Phi) is 5.52. The first-order valence-corrected chi connectivity index (χ1v) is 7.82. The van der Waals surface area contributed by atoms with Gasteiger partial charge in [-0.15, -0.1) is 0 Å². The maximum absolute atomic E-state index is 9.50. The Morgan fingerprint density at radius 1 is 1.19 bits per heavy atom. The van der Waals surface area contributed by atoms with Crippen LogP contribution in [-0.2, 0) is 12.8 Å². The molecule has 21 heavy (non-hydrogen) atoms. The van der Waals surface area contributed by atoms with Crippen LogP contribution in [0, 0.1) is 5.92 Å². The van der Waals surface area contributed by atoms with Crippen molar-refractivity contribution in [3.8, 4) is 5.75 Å². The summed E-state index contributed by atoms with van der Waals surface area (Å²) < 4.78 is 4.32. The van der Waals surface area contributed by atoms with Crippen molar-refractivity contribution in [2.45, 2.75) is 32.7 Å². The van der Waals surface area contributed by atoms with Crippen LogP contribution in [0.15, 0.2) is 24.3 Å². The summed E-state index contributed by atoms with van der Waals surface area (Å²) in [5, 5.41) is 22.7. The van der Waals surface area contributed by atoms with Crippen LogP contribution >= 0.6 is 11.5 Å². The molecule has 6 heteroatoms. The van der Waals surface area contributed by atoms with Gasteiger partial charge in [0.15, 0.2) is 0 Å². The third-order valence-electron chi connectivity index (χ3n) is 3.03. The zero-order chi connectivity index (χ0) is 15.2. The molecule has 0 fully saturated rings. The van der Waals surface area contributed by atoms with E-state index in [-0.39, 0.29) is 18.4 Å². The highest BCUT2D eigenvalue weighted by Crippen LogP contribution is 2.17. The van der Waals surface area contributed by atoms with Crippen molar-refractivity contribution in [2.24, 2.45) is 5.92 Å². The van der Waals surface area contributed by atoms with Gasteiger partial charge in [-0.3, -0.25) is 0 Å². The van der Waals surface area contributed by atoms with Crippen LogP contribution < -0.4 is 5.32 Å². The molecular formula is C15H21N3O2S. The number of hydrogen-bond donors (Lipinski definition) is 3. The summed E-state index contributed by atoms with van der Waals surface area (Å²) in [7, 11) is 0. The van der Waals surface area contributed by atoms with Gasteiger partial charge in [-0.2, -0.15) is 4.37 Å². The summed E-state index contributed by atoms with van der Waals surface area (Å²) in [6.45, 7) is 4.28. The smallest absolute Gasteiger partial charge is 0.202 e. The number of aromatic hydroxyl groups is 1. The number of anilines is 1. The number of benzene rings is 1. The van der Waals surface area contributed by atoms with Crippen molar-refractivity contribution in [3.05, 3.63) is 35.7 Å². The van der Waals surface area contributed by atoms with E-state index in [1.165, 1.54) is 11.5 Å². The van der Waals surface area contributed by atoms with Crippen LogP contribution in [0.1, 0.15) is 25.2 Å². The van der Waals surface area contributed by atoms with Gasteiger partial charge >= 0.3 is 0 Å². The number of nitrogens with one attached hydrogen (secondary N) is 1. The van der Waals surface area contributed by atoms with Crippen molar-refractivity contribution in [1.29, 1.82) is 0 Å². The second-order valence-electron chi connectivity index (χ2n) is 5.51. The van der Waals surface area contributed by atoms with Gasteiger partial charge in [-0.25, -0.2) is 4.98 Å². The number of aromatic nitrogens is 2. The summed E-state index contributed by atoms with van der Waals surface area (Å²) >= 11 is 1.32. The van der Waals surface area contributed by atoms with E-state index in [1.807, 2.05) is 12.1 Å². The second-order valence-corrected chi connectivity index (χ2v) is 6.26. The Hall–Kier alpha value is -1.66. The fourth-order valence-electron chi connectivity index (χ4n) is 2.01. The summed E-state index contributed by atoms with van der Waals surface area (Å²) in [5.41, 5.74) is 1.05. The van der Waals surface area contributed by atoms with E-state index >= 15 is 0 Å². The topological polar surface area (TPSA) is 78.3 Å². The van der Waals surface area contributed by atoms with Crippen LogP contribution in [0.2, 0.25) is 0 Å². The number of hydrogen-bond acceptors (Lipinski definition) is 6. The van der Waals surface area contributed by atoms with E-state index in [0.29, 0.717) is 12.3 Å². The van der Waals surface area contributed by atoms with Gasteiger partial charge < -0.3 is 15.5 Å². The molecule has 1 aromatic heterocycles. The molecule has 1 atom stereocenters. The summed E-state index contributed by atoms with van der Waals surface area (Å²) in [5.74, 6) is 1.62. The molecule has 1 heterocycles. The molecule has 0 spiro atoms. The van der Waals surface area contributed by atoms with E-state index in [0.717, 1.165) is 22.9 Å². The zero-order valence-electron chi connectivity index (χ0n) is 12.3. The lowest BCUT2D eigenvalue weighted by Crippen LogP contribution is -2.26. The van der Waals surface area contributed by atoms with Crippen LogP contribution in [-0.4, -0.2) is 32.2 Å². The van der Waals surface area contributed by atoms with Gasteiger partial charge in [0.1, 0.15) is 11.6 Å². The number of aliphatic hydroxyl groups is 1. The van der Waals surface area contributed by atoms with Crippen molar-refractivity contribution in [2.75, 3.05) is 11.9 Å². The second kappa shape index (κ2) is 7.38. The monoisotopic (exact) mass is 307 g/mol. The summed E-state index contributed by atoms with van der Waals surface area (Å²) in [6.07, 6.45) is 1.52. The number of phenolic OH excluding ortho intramolecular Hbond substituents is 1. The molecule has 0 unspecified atom stereocenters. The highest BCUT2D eigenvalue weighted by Gasteiger charge is 2.12. The molecule has 0 amide bonds. The highest BCUT2D eigenvalue weighted by molar-refractivity contribution is 7.09. The predicted molar refractivity (Wildman–Crippen MR) is 84.8 cm³/mol. The van der Waals surface area contributed by atoms with Gasteiger partial charge in [0.05, 0.1) is 12.6 Å². The SMILES string of the molecule is CC(C)Cc1nsc(N[C@H](CO)Cc2ccc(O)cc2)n1. The van der Waals surface area contributed by atoms with Gasteiger partial charge in [-0.05, 0) is 30.0 Å². The van der Waals surface area contributed by atoms with Crippen LogP contribution in [0.5, 0.6) is 5.75 Å². The number of aliphatic hydroxyl groups excluding tert-OH is 1. The third kappa shape index (κ3) is 4.99. The first-order chi connectivity index (χ1) is 10.1. The fraction of sp³-hybridized carbons (Fsp3) is 0.467. The lowest BCUT2D eigenvalue weighted by Gasteiger charge is -2.15. The van der Waals surface area contributed by atoms with Crippen molar-refractivity contribution in [1.82, 2.24) is 9.36 Å². The van der Waals surface area contributed by atoms with Crippen LogP contribution in [0.4, 0.5) is 5.13 Å². The molecule has 5 nitrogen and oxygen atoms in total. The Morgan fingerprint density at radius 2 is 1.90 bits per heavy atom. The number of phenols is 1. The quantitative estimate of drug-likeness (QED) is 0.732. The van der Waals surface area contributed by atoms with Gasteiger partial charge in [0.2, 0.25) is 5.13 Å². The molecule has 0 aliphatic rings. The van der Waals surface area contributed by atoms with Gasteiger partial charge in [-0.1, -0.05) is 26.0 Å². The molecule has 1 aromatic carbocycles. The summed E-state index contributed by atoms with van der Waals surface area (Å²) in [6, 6.07) is 6.88. The average molecular weight is 307 g/mol. The maximum atomic E-state index is 9.50. The highest BCUT2D eigenvalue weighted by atomic mass is 32.1. The van der Waals surface area contributed by atoms with E-state index in [1.54, 1.807) is 12.1 Å². The third-order valence-corrected chi connectivity index (χ3v) is 3.71. The Labute approximate surface area is 128 Å². The van der Waals surface area contributed by atoms with Crippen LogP contribution in [0.25, 0.3) is 0 Å². The molecule has 3 N–H and O–H groups in total. The molecule has 0 bridgehead atoms. The van der Waals surface area contributed by atoms with Crippen molar-refractivity contribution in [3.63, 3.8) is 0 Å².